The number of alkyl halides is 3. The molecule has 2 aromatic carbocycles. The monoisotopic (exact) mass is 448 g/mol. The molecule has 0 atom stereocenters. The summed E-state index contributed by atoms with van der Waals surface area (Å²) in [6, 6.07) is 11.0. The zero-order chi connectivity index (χ0) is 21.7. The van der Waals surface area contributed by atoms with E-state index in [1.54, 1.807) is 24.3 Å². The van der Waals surface area contributed by atoms with Gasteiger partial charge in [-0.15, -0.1) is 0 Å². The fraction of sp³-hybridized carbons (Fsp3) is 0.316. The van der Waals surface area contributed by atoms with Crippen LogP contribution in [0.1, 0.15) is 24.0 Å². The molecule has 0 fully saturated rings. The van der Waals surface area contributed by atoms with Gasteiger partial charge in [0.05, 0.1) is 17.5 Å². The number of sulfonamides is 1. The molecule has 0 spiro atoms. The van der Waals surface area contributed by atoms with Gasteiger partial charge in [-0.1, -0.05) is 23.7 Å². The van der Waals surface area contributed by atoms with Gasteiger partial charge in [0, 0.05) is 24.5 Å². The molecule has 1 N–H and O–H groups in total. The van der Waals surface area contributed by atoms with Crippen LogP contribution in [0.3, 0.4) is 0 Å². The lowest BCUT2D eigenvalue weighted by Crippen LogP contribution is -2.32. The number of anilines is 1. The average molecular weight is 449 g/mol. The van der Waals surface area contributed by atoms with Crippen LogP contribution in [0, 0.1) is 0 Å². The molecule has 0 aliphatic heterocycles. The molecule has 2 aromatic rings. The van der Waals surface area contributed by atoms with Gasteiger partial charge >= 0.3 is 6.18 Å². The number of rotatable bonds is 8. The van der Waals surface area contributed by atoms with E-state index in [0.29, 0.717) is 16.3 Å². The molecule has 0 unspecified atom stereocenters. The fourth-order valence-electron chi connectivity index (χ4n) is 2.62. The van der Waals surface area contributed by atoms with E-state index in [-0.39, 0.29) is 31.8 Å². The van der Waals surface area contributed by atoms with Crippen molar-refractivity contribution in [1.82, 2.24) is 5.32 Å². The van der Waals surface area contributed by atoms with Crippen molar-refractivity contribution in [1.29, 1.82) is 0 Å². The Morgan fingerprint density at radius 2 is 1.79 bits per heavy atom. The third-order valence-corrected chi connectivity index (χ3v) is 5.47. The van der Waals surface area contributed by atoms with Gasteiger partial charge in [0.2, 0.25) is 15.9 Å². The molecule has 0 saturated carbocycles. The number of benzene rings is 2. The Labute approximate surface area is 172 Å². The van der Waals surface area contributed by atoms with Gasteiger partial charge in [0.1, 0.15) is 0 Å². The lowest BCUT2D eigenvalue weighted by atomic mass is 10.1. The van der Waals surface area contributed by atoms with Crippen LogP contribution >= 0.6 is 11.6 Å². The molecule has 5 nitrogen and oxygen atoms in total. The Kier molecular flexibility index (Phi) is 7.54. The molecule has 0 heterocycles. The van der Waals surface area contributed by atoms with Crippen LogP contribution in [0.4, 0.5) is 18.9 Å². The molecule has 10 heteroatoms. The molecule has 0 aliphatic carbocycles. The van der Waals surface area contributed by atoms with Crippen molar-refractivity contribution in [3.63, 3.8) is 0 Å². The van der Waals surface area contributed by atoms with Gasteiger partial charge in [-0.3, -0.25) is 9.10 Å². The molecular formula is C19H20ClF3N2O3S. The number of carbonyl (C=O) groups is 1. The van der Waals surface area contributed by atoms with Crippen LogP contribution in [-0.2, 0) is 27.5 Å². The van der Waals surface area contributed by atoms with Gasteiger partial charge in [-0.25, -0.2) is 8.42 Å². The van der Waals surface area contributed by atoms with Crippen molar-refractivity contribution < 1.29 is 26.4 Å². The summed E-state index contributed by atoms with van der Waals surface area (Å²) in [6.07, 6.45) is -3.12. The number of halogens is 4. The first-order valence-corrected chi connectivity index (χ1v) is 10.9. The minimum Gasteiger partial charge on any atom is -0.352 e. The number of nitrogens with zero attached hydrogens (tertiary/aromatic N) is 1. The fourth-order valence-corrected chi connectivity index (χ4v) is 3.72. The van der Waals surface area contributed by atoms with Gasteiger partial charge in [-0.2, -0.15) is 13.2 Å². The summed E-state index contributed by atoms with van der Waals surface area (Å²) < 4.78 is 63.4. The van der Waals surface area contributed by atoms with Crippen LogP contribution in [0.15, 0.2) is 48.5 Å². The highest BCUT2D eigenvalue weighted by Crippen LogP contribution is 2.29. The summed E-state index contributed by atoms with van der Waals surface area (Å²) in [5.41, 5.74) is -0.0237. The van der Waals surface area contributed by atoms with E-state index < -0.39 is 21.8 Å². The molecule has 0 aliphatic rings. The molecule has 0 saturated heterocycles. The minimum atomic E-state index is -4.45. The Bertz CT molecular complexity index is 948. The summed E-state index contributed by atoms with van der Waals surface area (Å²) in [6.45, 7) is 0.0349. The normalized spacial score (nSPS) is 11.9. The van der Waals surface area contributed by atoms with E-state index in [9.17, 15) is 26.4 Å². The molecule has 1 amide bonds. The van der Waals surface area contributed by atoms with Gasteiger partial charge in [-0.05, 0) is 48.4 Å². The van der Waals surface area contributed by atoms with Crippen LogP contribution in [0.2, 0.25) is 5.02 Å². The van der Waals surface area contributed by atoms with Crippen LogP contribution in [-0.4, -0.2) is 27.1 Å². The maximum absolute atomic E-state index is 12.7. The predicted molar refractivity (Wildman–Crippen MR) is 106 cm³/mol. The van der Waals surface area contributed by atoms with E-state index in [0.717, 1.165) is 18.4 Å². The third kappa shape index (κ3) is 7.25. The molecule has 0 aromatic heterocycles. The maximum atomic E-state index is 12.7. The smallest absolute Gasteiger partial charge is 0.352 e. The lowest BCUT2D eigenvalue weighted by Gasteiger charge is -2.22. The summed E-state index contributed by atoms with van der Waals surface area (Å²) in [5, 5.41) is 3.01. The number of carbonyl (C=O) groups excluding carboxylic acids is 1. The number of hydrogen-bond donors (Lipinski definition) is 1. The molecule has 2 rings (SSSR count). The molecule has 0 bridgehead atoms. The third-order valence-electron chi connectivity index (χ3n) is 4.02. The van der Waals surface area contributed by atoms with E-state index in [1.807, 2.05) is 0 Å². The number of nitrogens with one attached hydrogen (secondary N) is 1. The molecule has 158 valence electrons. The first-order valence-electron chi connectivity index (χ1n) is 8.63. The van der Waals surface area contributed by atoms with Crippen molar-refractivity contribution in [2.24, 2.45) is 0 Å². The Morgan fingerprint density at radius 3 is 2.38 bits per heavy atom. The SMILES string of the molecule is CS(=O)(=O)N(CCCC(=O)NCc1cccc(C(F)(F)F)c1)c1ccc(Cl)cc1. The highest BCUT2D eigenvalue weighted by Gasteiger charge is 2.30. The molecule has 0 radical (unpaired) electrons. The van der Waals surface area contributed by atoms with E-state index in [1.165, 1.54) is 16.4 Å². The van der Waals surface area contributed by atoms with Gasteiger partial charge in [0.15, 0.2) is 0 Å². The van der Waals surface area contributed by atoms with Crippen molar-refractivity contribution in [3.05, 3.63) is 64.7 Å². The van der Waals surface area contributed by atoms with Crippen LogP contribution in [0.25, 0.3) is 0 Å². The average Bonchev–Trinajstić information content (AvgIpc) is 2.63. The molecular weight excluding hydrogens is 429 g/mol. The number of hydrogen-bond acceptors (Lipinski definition) is 3. The highest BCUT2D eigenvalue weighted by atomic mass is 35.5. The Hall–Kier alpha value is -2.26. The maximum Gasteiger partial charge on any atom is 0.416 e. The predicted octanol–water partition coefficient (Wildman–Crippen LogP) is 4.22. The Morgan fingerprint density at radius 1 is 1.14 bits per heavy atom. The second kappa shape index (κ2) is 9.49. The quantitative estimate of drug-likeness (QED) is 0.657. The summed E-state index contributed by atoms with van der Waals surface area (Å²) >= 11 is 5.81. The van der Waals surface area contributed by atoms with Gasteiger partial charge in [0.25, 0.3) is 0 Å². The topological polar surface area (TPSA) is 66.5 Å². The van der Waals surface area contributed by atoms with Gasteiger partial charge < -0.3 is 5.32 Å². The van der Waals surface area contributed by atoms with Crippen molar-refractivity contribution in [2.75, 3.05) is 17.1 Å². The largest absolute Gasteiger partial charge is 0.416 e. The summed E-state index contributed by atoms with van der Waals surface area (Å²) in [7, 11) is -3.55. The zero-order valence-electron chi connectivity index (χ0n) is 15.5. The highest BCUT2D eigenvalue weighted by molar-refractivity contribution is 7.92. The van der Waals surface area contributed by atoms with E-state index >= 15 is 0 Å². The Balaban J connectivity index is 1.89. The second-order valence-corrected chi connectivity index (χ2v) is 8.73. The standard InChI is InChI=1S/C19H20ClF3N2O3S/c1-29(27,28)25(17-9-7-16(20)8-10-17)11-3-6-18(26)24-13-14-4-2-5-15(12-14)19(21,22)23/h2,4-5,7-10,12H,3,6,11,13H2,1H3,(H,24,26). The molecule has 29 heavy (non-hydrogen) atoms. The summed E-state index contributed by atoms with van der Waals surface area (Å²) in [5.74, 6) is -0.382. The van der Waals surface area contributed by atoms with E-state index in [2.05, 4.69) is 5.32 Å². The van der Waals surface area contributed by atoms with E-state index in [4.69, 9.17) is 11.6 Å². The van der Waals surface area contributed by atoms with Crippen molar-refractivity contribution in [3.8, 4) is 0 Å². The first kappa shape index (κ1) is 23.0. The first-order chi connectivity index (χ1) is 13.5. The summed E-state index contributed by atoms with van der Waals surface area (Å²) in [4.78, 5) is 12.0. The van der Waals surface area contributed by atoms with Crippen molar-refractivity contribution in [2.45, 2.75) is 25.6 Å². The van der Waals surface area contributed by atoms with Crippen LogP contribution < -0.4 is 9.62 Å². The zero-order valence-corrected chi connectivity index (χ0v) is 17.1. The van der Waals surface area contributed by atoms with Crippen LogP contribution in [0.5, 0.6) is 0 Å². The minimum absolute atomic E-state index is 0.0264. The van der Waals surface area contributed by atoms with Crippen molar-refractivity contribution >= 4 is 33.2 Å². The second-order valence-electron chi connectivity index (χ2n) is 6.39. The number of amides is 1. The lowest BCUT2D eigenvalue weighted by molar-refractivity contribution is -0.137.